The van der Waals surface area contributed by atoms with E-state index in [1.807, 2.05) is 4.90 Å². The highest BCUT2D eigenvalue weighted by Gasteiger charge is 2.34. The van der Waals surface area contributed by atoms with Gasteiger partial charge < -0.3 is 9.64 Å². The van der Waals surface area contributed by atoms with E-state index in [0.29, 0.717) is 18.3 Å². The van der Waals surface area contributed by atoms with Crippen LogP contribution in [0, 0.1) is 11.8 Å². The highest BCUT2D eigenvalue weighted by Crippen LogP contribution is 2.33. The van der Waals surface area contributed by atoms with Crippen molar-refractivity contribution in [2.45, 2.75) is 64.4 Å². The molecule has 1 atom stereocenters. The number of carbonyl (C=O) groups excluding carboxylic acids is 1. The highest BCUT2D eigenvalue weighted by molar-refractivity contribution is 5.79. The monoisotopic (exact) mass is 331 g/mol. The van der Waals surface area contributed by atoms with Crippen molar-refractivity contribution in [3.8, 4) is 5.88 Å². The van der Waals surface area contributed by atoms with Crippen LogP contribution in [0.15, 0.2) is 18.6 Å². The number of unbranched alkanes of at least 4 members (excludes halogenated alkanes) is 1. The summed E-state index contributed by atoms with van der Waals surface area (Å²) in [5.74, 6) is 1.97. The lowest BCUT2D eigenvalue weighted by atomic mass is 9.79. The summed E-state index contributed by atoms with van der Waals surface area (Å²) in [7, 11) is 0. The van der Waals surface area contributed by atoms with Crippen molar-refractivity contribution in [1.82, 2.24) is 14.9 Å². The number of ether oxygens (including phenoxy) is 1. The van der Waals surface area contributed by atoms with Crippen LogP contribution in [-0.4, -0.2) is 40.0 Å². The Morgan fingerprint density at radius 3 is 2.79 bits per heavy atom. The lowest BCUT2D eigenvalue weighted by molar-refractivity contribution is -0.136. The van der Waals surface area contributed by atoms with Crippen molar-refractivity contribution in [3.05, 3.63) is 18.6 Å². The third-order valence-electron chi connectivity index (χ3n) is 5.45. The van der Waals surface area contributed by atoms with Gasteiger partial charge in [-0.15, -0.1) is 0 Å². The van der Waals surface area contributed by atoms with Crippen molar-refractivity contribution in [2.75, 3.05) is 13.1 Å². The average molecular weight is 331 g/mol. The Kier molecular flexibility index (Phi) is 6.05. The third-order valence-corrected chi connectivity index (χ3v) is 5.45. The zero-order valence-corrected chi connectivity index (χ0v) is 14.7. The second-order valence-corrected chi connectivity index (χ2v) is 7.22. The van der Waals surface area contributed by atoms with Crippen LogP contribution in [0.4, 0.5) is 0 Å². The first-order chi connectivity index (χ1) is 11.8. The summed E-state index contributed by atoms with van der Waals surface area (Å²) in [5.41, 5.74) is 0. The fraction of sp³-hybridized carbons (Fsp3) is 0.737. The maximum Gasteiger partial charge on any atom is 0.232 e. The molecule has 0 spiro atoms. The molecule has 0 bridgehead atoms. The Morgan fingerprint density at radius 2 is 2.08 bits per heavy atom. The van der Waals surface area contributed by atoms with E-state index < -0.39 is 0 Å². The number of amides is 1. The molecule has 1 saturated carbocycles. The maximum atomic E-state index is 12.8. The summed E-state index contributed by atoms with van der Waals surface area (Å²) >= 11 is 0. The molecule has 0 radical (unpaired) electrons. The van der Waals surface area contributed by atoms with Gasteiger partial charge in [-0.2, -0.15) is 0 Å². The summed E-state index contributed by atoms with van der Waals surface area (Å²) in [6.45, 7) is 3.74. The molecule has 2 aliphatic rings. The summed E-state index contributed by atoms with van der Waals surface area (Å²) in [6, 6.07) is 0. The predicted molar refractivity (Wildman–Crippen MR) is 92.6 cm³/mol. The van der Waals surface area contributed by atoms with Crippen LogP contribution in [0.1, 0.15) is 58.3 Å². The standard InChI is InChI=1S/C19H29N3O2/c1-2-3-4-15-5-7-16(8-6-15)19(23)22-12-9-17(14-22)24-18-13-20-10-11-21-18/h10-11,13,15-17H,2-9,12,14H2,1H3. The second-order valence-electron chi connectivity index (χ2n) is 7.22. The van der Waals surface area contributed by atoms with E-state index in [1.54, 1.807) is 18.6 Å². The molecule has 1 aliphatic heterocycles. The molecule has 24 heavy (non-hydrogen) atoms. The van der Waals surface area contributed by atoms with Crippen LogP contribution in [-0.2, 0) is 4.79 Å². The molecule has 5 nitrogen and oxygen atoms in total. The molecular formula is C19H29N3O2. The lowest BCUT2D eigenvalue weighted by Crippen LogP contribution is -2.37. The van der Waals surface area contributed by atoms with Gasteiger partial charge in [0.1, 0.15) is 6.10 Å². The van der Waals surface area contributed by atoms with Crippen molar-refractivity contribution >= 4 is 5.91 Å². The van der Waals surface area contributed by atoms with Crippen LogP contribution < -0.4 is 4.74 Å². The molecule has 3 rings (SSSR count). The zero-order chi connectivity index (χ0) is 16.8. The second kappa shape index (κ2) is 8.45. The molecular weight excluding hydrogens is 302 g/mol. The van der Waals surface area contributed by atoms with Gasteiger partial charge in [0.2, 0.25) is 11.8 Å². The molecule has 1 aliphatic carbocycles. The largest absolute Gasteiger partial charge is 0.471 e. The summed E-state index contributed by atoms with van der Waals surface area (Å²) in [5, 5.41) is 0. The van der Waals surface area contributed by atoms with Gasteiger partial charge in [0.25, 0.3) is 0 Å². The van der Waals surface area contributed by atoms with Gasteiger partial charge in [-0.1, -0.05) is 26.2 Å². The third kappa shape index (κ3) is 4.46. The molecule has 0 aromatic carbocycles. The van der Waals surface area contributed by atoms with E-state index in [0.717, 1.165) is 31.7 Å². The van der Waals surface area contributed by atoms with Gasteiger partial charge >= 0.3 is 0 Å². The van der Waals surface area contributed by atoms with E-state index >= 15 is 0 Å². The number of hydrogen-bond acceptors (Lipinski definition) is 4. The van der Waals surface area contributed by atoms with Gasteiger partial charge in [0.15, 0.2) is 0 Å². The number of rotatable bonds is 6. The van der Waals surface area contributed by atoms with Crippen LogP contribution in [0.25, 0.3) is 0 Å². The Morgan fingerprint density at radius 1 is 1.25 bits per heavy atom. The number of carbonyl (C=O) groups is 1. The summed E-state index contributed by atoms with van der Waals surface area (Å²) in [6.07, 6.45) is 14.4. The molecule has 1 unspecified atom stereocenters. The van der Waals surface area contributed by atoms with Crippen LogP contribution >= 0.6 is 0 Å². The molecule has 1 aromatic rings. The minimum atomic E-state index is 0.0477. The molecule has 0 N–H and O–H groups in total. The average Bonchev–Trinajstić information content (AvgIpc) is 3.09. The SMILES string of the molecule is CCCCC1CCC(C(=O)N2CCC(Oc3cnccn3)C2)CC1. The Bertz CT molecular complexity index is 515. The van der Waals surface area contributed by atoms with Crippen LogP contribution in [0.2, 0.25) is 0 Å². The molecule has 5 heteroatoms. The summed E-state index contributed by atoms with van der Waals surface area (Å²) < 4.78 is 5.84. The smallest absolute Gasteiger partial charge is 0.232 e. The van der Waals surface area contributed by atoms with E-state index in [1.165, 1.54) is 32.1 Å². The Balaban J connectivity index is 1.43. The molecule has 132 valence electrons. The van der Waals surface area contributed by atoms with E-state index in [4.69, 9.17) is 4.74 Å². The first-order valence-corrected chi connectivity index (χ1v) is 9.47. The number of aromatic nitrogens is 2. The minimum absolute atomic E-state index is 0.0477. The molecule has 1 amide bonds. The quantitative estimate of drug-likeness (QED) is 0.801. The number of likely N-dealkylation sites (tertiary alicyclic amines) is 1. The van der Waals surface area contributed by atoms with Gasteiger partial charge in [0, 0.05) is 31.3 Å². The predicted octanol–water partition coefficient (Wildman–Crippen LogP) is 3.45. The van der Waals surface area contributed by atoms with Crippen molar-refractivity contribution in [2.24, 2.45) is 11.8 Å². The fourth-order valence-corrected chi connectivity index (χ4v) is 3.99. The van der Waals surface area contributed by atoms with Gasteiger partial charge in [-0.05, 0) is 31.6 Å². The minimum Gasteiger partial charge on any atom is -0.471 e. The maximum absolute atomic E-state index is 12.8. The van der Waals surface area contributed by atoms with Crippen molar-refractivity contribution in [3.63, 3.8) is 0 Å². The van der Waals surface area contributed by atoms with Crippen LogP contribution in [0.3, 0.4) is 0 Å². The topological polar surface area (TPSA) is 55.3 Å². The zero-order valence-electron chi connectivity index (χ0n) is 14.7. The molecule has 2 fully saturated rings. The van der Waals surface area contributed by atoms with Gasteiger partial charge in [-0.3, -0.25) is 9.78 Å². The number of hydrogen-bond donors (Lipinski definition) is 0. The van der Waals surface area contributed by atoms with Gasteiger partial charge in [0.05, 0.1) is 12.7 Å². The fourth-order valence-electron chi connectivity index (χ4n) is 3.99. The molecule has 1 saturated heterocycles. The molecule has 2 heterocycles. The highest BCUT2D eigenvalue weighted by atomic mass is 16.5. The first kappa shape index (κ1) is 17.2. The lowest BCUT2D eigenvalue weighted by Gasteiger charge is -2.30. The number of nitrogens with zero attached hydrogens (tertiary/aromatic N) is 3. The van der Waals surface area contributed by atoms with E-state index in [2.05, 4.69) is 16.9 Å². The van der Waals surface area contributed by atoms with Crippen molar-refractivity contribution in [1.29, 1.82) is 0 Å². The Labute approximate surface area is 144 Å². The van der Waals surface area contributed by atoms with Gasteiger partial charge in [-0.25, -0.2) is 4.98 Å². The first-order valence-electron chi connectivity index (χ1n) is 9.47. The van der Waals surface area contributed by atoms with Crippen molar-refractivity contribution < 1.29 is 9.53 Å². The molecule has 1 aromatic heterocycles. The normalized spacial score (nSPS) is 27.2. The Hall–Kier alpha value is -1.65. The van der Waals surface area contributed by atoms with E-state index in [-0.39, 0.29) is 12.0 Å². The van der Waals surface area contributed by atoms with Crippen LogP contribution in [0.5, 0.6) is 5.88 Å². The summed E-state index contributed by atoms with van der Waals surface area (Å²) in [4.78, 5) is 22.9. The van der Waals surface area contributed by atoms with E-state index in [9.17, 15) is 4.79 Å².